The predicted octanol–water partition coefficient (Wildman–Crippen LogP) is 2.87. The molecule has 1 aliphatic rings. The molecule has 0 atom stereocenters. The lowest BCUT2D eigenvalue weighted by atomic mass is 10.0. The summed E-state index contributed by atoms with van der Waals surface area (Å²) in [5.74, 6) is 0.652. The zero-order valence-corrected chi connectivity index (χ0v) is 12.2. The zero-order valence-electron chi connectivity index (χ0n) is 10.6. The summed E-state index contributed by atoms with van der Waals surface area (Å²) in [4.78, 5) is 10.5. The van der Waals surface area contributed by atoms with Crippen molar-refractivity contribution in [3.05, 3.63) is 38.3 Å². The van der Waals surface area contributed by atoms with Crippen LogP contribution in [0.15, 0.2) is 22.7 Å². The molecule has 1 heterocycles. The van der Waals surface area contributed by atoms with Crippen molar-refractivity contribution in [3.63, 3.8) is 0 Å². The second kappa shape index (κ2) is 6.98. The molecule has 1 N–H and O–H groups in total. The maximum Gasteiger partial charge on any atom is 0.283 e. The molecule has 1 aliphatic heterocycles. The molecule has 0 aliphatic carbocycles. The van der Waals surface area contributed by atoms with E-state index in [1.165, 1.54) is 0 Å². The third kappa shape index (κ3) is 4.26. The van der Waals surface area contributed by atoms with Crippen LogP contribution in [0.4, 0.5) is 5.69 Å². The third-order valence-corrected chi connectivity index (χ3v) is 3.98. The maximum absolute atomic E-state index is 10.8. The standard InChI is InChI=1S/C13H17BrN2O3/c14-12-2-1-11(7-13(12)16(17)18)9-15-8-10-3-5-19-6-4-10/h1-2,7,10,15H,3-6,8-9H2. The molecule has 0 spiro atoms. The van der Waals surface area contributed by atoms with Crippen LogP contribution in [0.25, 0.3) is 0 Å². The molecule has 0 amide bonds. The lowest BCUT2D eigenvalue weighted by Crippen LogP contribution is -2.27. The maximum atomic E-state index is 10.8. The van der Waals surface area contributed by atoms with Gasteiger partial charge in [0.25, 0.3) is 5.69 Å². The molecule has 2 rings (SSSR count). The van der Waals surface area contributed by atoms with E-state index in [0.29, 0.717) is 16.9 Å². The van der Waals surface area contributed by atoms with E-state index in [2.05, 4.69) is 21.2 Å². The van der Waals surface area contributed by atoms with E-state index >= 15 is 0 Å². The topological polar surface area (TPSA) is 64.4 Å². The van der Waals surface area contributed by atoms with E-state index in [-0.39, 0.29) is 10.6 Å². The van der Waals surface area contributed by atoms with Gasteiger partial charge in [-0.1, -0.05) is 6.07 Å². The Bertz CT molecular complexity index is 448. The van der Waals surface area contributed by atoms with E-state index in [4.69, 9.17) is 4.74 Å². The molecule has 0 radical (unpaired) electrons. The highest BCUT2D eigenvalue weighted by Crippen LogP contribution is 2.25. The molecule has 1 aromatic rings. The second-order valence-electron chi connectivity index (χ2n) is 4.73. The first-order chi connectivity index (χ1) is 9.16. The minimum absolute atomic E-state index is 0.116. The van der Waals surface area contributed by atoms with Crippen LogP contribution in [-0.2, 0) is 11.3 Å². The molecule has 6 heteroatoms. The van der Waals surface area contributed by atoms with Crippen LogP contribution in [0.3, 0.4) is 0 Å². The largest absolute Gasteiger partial charge is 0.381 e. The fraction of sp³-hybridized carbons (Fsp3) is 0.538. The number of hydrogen-bond donors (Lipinski definition) is 1. The zero-order chi connectivity index (χ0) is 13.7. The SMILES string of the molecule is O=[N+]([O-])c1cc(CNCC2CCOCC2)ccc1Br. The van der Waals surface area contributed by atoms with Crippen LogP contribution in [0.2, 0.25) is 0 Å². The van der Waals surface area contributed by atoms with Gasteiger partial charge in [0.15, 0.2) is 0 Å². The van der Waals surface area contributed by atoms with E-state index in [0.717, 1.165) is 38.2 Å². The molecule has 0 saturated carbocycles. The Balaban J connectivity index is 1.85. The van der Waals surface area contributed by atoms with E-state index in [1.54, 1.807) is 12.1 Å². The van der Waals surface area contributed by atoms with Crippen molar-refractivity contribution in [1.29, 1.82) is 0 Å². The van der Waals surface area contributed by atoms with Crippen molar-refractivity contribution in [2.45, 2.75) is 19.4 Å². The van der Waals surface area contributed by atoms with Gasteiger partial charge in [-0.3, -0.25) is 10.1 Å². The number of nitrogens with one attached hydrogen (secondary N) is 1. The van der Waals surface area contributed by atoms with Crippen LogP contribution in [0.5, 0.6) is 0 Å². The Kier molecular flexibility index (Phi) is 5.30. The van der Waals surface area contributed by atoms with Crippen LogP contribution >= 0.6 is 15.9 Å². The van der Waals surface area contributed by atoms with E-state index < -0.39 is 0 Å². The van der Waals surface area contributed by atoms with Gasteiger partial charge in [-0.05, 0) is 52.9 Å². The van der Waals surface area contributed by atoms with Gasteiger partial charge in [0.2, 0.25) is 0 Å². The van der Waals surface area contributed by atoms with Gasteiger partial charge < -0.3 is 10.1 Å². The normalized spacial score (nSPS) is 16.5. The number of nitro benzene ring substituents is 1. The number of hydrogen-bond acceptors (Lipinski definition) is 4. The first-order valence-corrected chi connectivity index (χ1v) is 7.17. The summed E-state index contributed by atoms with van der Waals surface area (Å²) in [6.45, 7) is 3.28. The number of benzene rings is 1. The Morgan fingerprint density at radius 3 is 2.84 bits per heavy atom. The molecule has 1 aromatic carbocycles. The summed E-state index contributed by atoms with van der Waals surface area (Å²) in [6.07, 6.45) is 2.18. The van der Waals surface area contributed by atoms with Gasteiger partial charge in [0, 0.05) is 25.8 Å². The Hall–Kier alpha value is -0.980. The summed E-state index contributed by atoms with van der Waals surface area (Å²) >= 11 is 3.19. The van der Waals surface area contributed by atoms with Gasteiger partial charge in [-0.2, -0.15) is 0 Å². The summed E-state index contributed by atoms with van der Waals surface area (Å²) in [7, 11) is 0. The van der Waals surface area contributed by atoms with Crippen LogP contribution in [0, 0.1) is 16.0 Å². The fourth-order valence-electron chi connectivity index (χ4n) is 2.18. The predicted molar refractivity (Wildman–Crippen MR) is 76.0 cm³/mol. The van der Waals surface area contributed by atoms with Gasteiger partial charge >= 0.3 is 0 Å². The lowest BCUT2D eigenvalue weighted by Gasteiger charge is -2.22. The van der Waals surface area contributed by atoms with Crippen LogP contribution < -0.4 is 5.32 Å². The first-order valence-electron chi connectivity index (χ1n) is 6.38. The highest BCUT2D eigenvalue weighted by atomic mass is 79.9. The minimum Gasteiger partial charge on any atom is -0.381 e. The van der Waals surface area contributed by atoms with Crippen molar-refractivity contribution in [2.24, 2.45) is 5.92 Å². The molecular weight excluding hydrogens is 312 g/mol. The fourth-order valence-corrected chi connectivity index (χ4v) is 2.57. The van der Waals surface area contributed by atoms with Gasteiger partial charge in [0.1, 0.15) is 0 Å². The van der Waals surface area contributed by atoms with Gasteiger partial charge in [-0.25, -0.2) is 0 Å². The first kappa shape index (κ1) is 14.4. The van der Waals surface area contributed by atoms with Crippen molar-refractivity contribution in [2.75, 3.05) is 19.8 Å². The van der Waals surface area contributed by atoms with Crippen LogP contribution in [0.1, 0.15) is 18.4 Å². The molecule has 5 nitrogen and oxygen atoms in total. The molecule has 0 unspecified atom stereocenters. The van der Waals surface area contributed by atoms with Gasteiger partial charge in [0.05, 0.1) is 9.40 Å². The Morgan fingerprint density at radius 1 is 1.42 bits per heavy atom. The van der Waals surface area contributed by atoms with Crippen molar-refractivity contribution in [1.82, 2.24) is 5.32 Å². The highest BCUT2D eigenvalue weighted by molar-refractivity contribution is 9.10. The number of halogens is 1. The molecule has 1 saturated heterocycles. The average molecular weight is 329 g/mol. The van der Waals surface area contributed by atoms with Crippen LogP contribution in [-0.4, -0.2) is 24.7 Å². The number of ether oxygens (including phenoxy) is 1. The van der Waals surface area contributed by atoms with Crippen molar-refractivity contribution in [3.8, 4) is 0 Å². The summed E-state index contributed by atoms with van der Waals surface area (Å²) in [5.41, 5.74) is 1.05. The smallest absolute Gasteiger partial charge is 0.283 e. The summed E-state index contributed by atoms with van der Waals surface area (Å²) < 4.78 is 5.83. The molecule has 0 bridgehead atoms. The van der Waals surface area contributed by atoms with E-state index in [1.807, 2.05) is 6.07 Å². The summed E-state index contributed by atoms with van der Waals surface area (Å²) in [6, 6.07) is 5.23. The molecule has 104 valence electrons. The van der Waals surface area contributed by atoms with E-state index in [9.17, 15) is 10.1 Å². The van der Waals surface area contributed by atoms with Crippen molar-refractivity contribution < 1.29 is 9.66 Å². The lowest BCUT2D eigenvalue weighted by molar-refractivity contribution is -0.385. The molecular formula is C13H17BrN2O3. The molecule has 0 aromatic heterocycles. The number of nitrogens with zero attached hydrogens (tertiary/aromatic N) is 1. The minimum atomic E-state index is -0.369. The van der Waals surface area contributed by atoms with Crippen molar-refractivity contribution >= 4 is 21.6 Å². The quantitative estimate of drug-likeness (QED) is 0.666. The van der Waals surface area contributed by atoms with Gasteiger partial charge in [-0.15, -0.1) is 0 Å². The summed E-state index contributed by atoms with van der Waals surface area (Å²) in [5, 5.41) is 14.2. The third-order valence-electron chi connectivity index (χ3n) is 3.31. The molecule has 19 heavy (non-hydrogen) atoms. The second-order valence-corrected chi connectivity index (χ2v) is 5.58. The number of nitro groups is 1. The highest BCUT2D eigenvalue weighted by Gasteiger charge is 2.14. The average Bonchev–Trinajstić information content (AvgIpc) is 2.41. The molecule has 1 fully saturated rings. The monoisotopic (exact) mass is 328 g/mol. The Morgan fingerprint density at radius 2 is 2.16 bits per heavy atom. The Labute approximate surface area is 120 Å². The number of rotatable bonds is 5.